The molecule has 0 radical (unpaired) electrons. The number of nitrogens with zero attached hydrogens (tertiary/aromatic N) is 3. The lowest BCUT2D eigenvalue weighted by Crippen LogP contribution is -2.59. The van der Waals surface area contributed by atoms with E-state index in [0.717, 1.165) is 25.3 Å². The summed E-state index contributed by atoms with van der Waals surface area (Å²) in [6.07, 6.45) is 0. The van der Waals surface area contributed by atoms with Crippen molar-refractivity contribution in [1.82, 2.24) is 20.0 Å². The van der Waals surface area contributed by atoms with E-state index in [9.17, 15) is 0 Å². The Bertz CT molecular complexity index is 436. The Labute approximate surface area is 123 Å². The van der Waals surface area contributed by atoms with Crippen LogP contribution in [0.3, 0.4) is 0 Å². The van der Waals surface area contributed by atoms with Crippen molar-refractivity contribution >= 4 is 0 Å². The predicted molar refractivity (Wildman–Crippen MR) is 83.6 cm³/mol. The van der Waals surface area contributed by atoms with Gasteiger partial charge in [0.1, 0.15) is 0 Å². The third-order valence-electron chi connectivity index (χ3n) is 4.53. The lowest BCUT2D eigenvalue weighted by molar-refractivity contribution is 0.0761. The first kappa shape index (κ1) is 15.5. The zero-order chi connectivity index (χ0) is 14.9. The van der Waals surface area contributed by atoms with Crippen LogP contribution in [0.2, 0.25) is 0 Å². The molecule has 1 aromatic heterocycles. The lowest BCUT2D eigenvalue weighted by Gasteiger charge is -2.43. The molecule has 2 heterocycles. The van der Waals surface area contributed by atoms with E-state index in [1.165, 1.54) is 5.69 Å². The van der Waals surface area contributed by atoms with Crippen LogP contribution < -0.4 is 5.32 Å². The van der Waals surface area contributed by atoms with Crippen molar-refractivity contribution in [2.45, 2.75) is 53.2 Å². The molecule has 0 saturated carbocycles. The molecule has 114 valence electrons. The van der Waals surface area contributed by atoms with Crippen LogP contribution in [0.1, 0.15) is 39.1 Å². The van der Waals surface area contributed by atoms with E-state index in [1.54, 1.807) is 0 Å². The summed E-state index contributed by atoms with van der Waals surface area (Å²) in [6, 6.07) is 3.42. The number of hydrogen-bond donors (Lipinski definition) is 1. The molecule has 0 spiro atoms. The highest BCUT2D eigenvalue weighted by atomic mass is 15.3. The maximum atomic E-state index is 4.47. The first-order valence-electron chi connectivity index (χ1n) is 7.85. The second kappa shape index (κ2) is 6.27. The van der Waals surface area contributed by atoms with Crippen LogP contribution in [0.4, 0.5) is 0 Å². The molecule has 1 saturated heterocycles. The fourth-order valence-electron chi connectivity index (χ4n) is 3.16. The van der Waals surface area contributed by atoms with Crippen molar-refractivity contribution in [1.29, 1.82) is 0 Å². The van der Waals surface area contributed by atoms with E-state index < -0.39 is 0 Å². The summed E-state index contributed by atoms with van der Waals surface area (Å²) in [4.78, 5) is 2.64. The van der Waals surface area contributed by atoms with Gasteiger partial charge in [0.05, 0.1) is 11.4 Å². The van der Waals surface area contributed by atoms with Crippen molar-refractivity contribution in [3.8, 4) is 0 Å². The Hall–Kier alpha value is -0.870. The number of rotatable bonds is 4. The number of nitrogens with one attached hydrogen (secondary N) is 1. The summed E-state index contributed by atoms with van der Waals surface area (Å²) in [6.45, 7) is 14.6. The first-order valence-corrected chi connectivity index (χ1v) is 7.85. The zero-order valence-electron chi connectivity index (χ0n) is 13.8. The van der Waals surface area contributed by atoms with Gasteiger partial charge in [0.25, 0.3) is 0 Å². The summed E-state index contributed by atoms with van der Waals surface area (Å²) >= 11 is 0. The molecular weight excluding hydrogens is 248 g/mol. The highest BCUT2D eigenvalue weighted by Gasteiger charge is 2.31. The van der Waals surface area contributed by atoms with Crippen LogP contribution in [0.15, 0.2) is 6.07 Å². The van der Waals surface area contributed by atoms with Crippen molar-refractivity contribution in [2.24, 2.45) is 18.9 Å². The fourth-order valence-corrected chi connectivity index (χ4v) is 3.16. The van der Waals surface area contributed by atoms with Gasteiger partial charge in [0, 0.05) is 38.8 Å². The largest absolute Gasteiger partial charge is 0.311 e. The summed E-state index contributed by atoms with van der Waals surface area (Å²) in [7, 11) is 2.05. The Morgan fingerprint density at radius 1 is 1.30 bits per heavy atom. The maximum Gasteiger partial charge on any atom is 0.0597 e. The maximum absolute atomic E-state index is 4.47. The fraction of sp³-hybridized carbons (Fsp3) is 0.812. The van der Waals surface area contributed by atoms with Gasteiger partial charge >= 0.3 is 0 Å². The van der Waals surface area contributed by atoms with Crippen LogP contribution >= 0.6 is 0 Å². The molecule has 1 aliphatic heterocycles. The van der Waals surface area contributed by atoms with Crippen molar-refractivity contribution in [2.75, 3.05) is 13.1 Å². The summed E-state index contributed by atoms with van der Waals surface area (Å²) < 4.78 is 2.03. The molecule has 1 N–H and O–H groups in total. The molecule has 1 fully saturated rings. The molecule has 0 aliphatic carbocycles. The van der Waals surface area contributed by atoms with E-state index in [1.807, 2.05) is 4.68 Å². The minimum Gasteiger partial charge on any atom is -0.311 e. The minimum absolute atomic E-state index is 0.597. The predicted octanol–water partition coefficient (Wildman–Crippen LogP) is 2.18. The van der Waals surface area contributed by atoms with E-state index in [2.05, 4.69) is 63.0 Å². The van der Waals surface area contributed by atoms with Gasteiger partial charge in [0.2, 0.25) is 0 Å². The smallest absolute Gasteiger partial charge is 0.0597 e. The molecule has 20 heavy (non-hydrogen) atoms. The van der Waals surface area contributed by atoms with Gasteiger partial charge < -0.3 is 5.32 Å². The van der Waals surface area contributed by atoms with E-state index in [4.69, 9.17) is 0 Å². The highest BCUT2D eigenvalue weighted by molar-refractivity contribution is 5.09. The average Bonchev–Trinajstić information content (AvgIpc) is 2.67. The molecule has 0 amide bonds. The van der Waals surface area contributed by atoms with Gasteiger partial charge in [-0.1, -0.05) is 27.7 Å². The van der Waals surface area contributed by atoms with E-state index >= 15 is 0 Å². The summed E-state index contributed by atoms with van der Waals surface area (Å²) in [5, 5.41) is 8.20. The van der Waals surface area contributed by atoms with Gasteiger partial charge in [0.15, 0.2) is 0 Å². The lowest BCUT2D eigenvalue weighted by atomic mass is 9.94. The van der Waals surface area contributed by atoms with Crippen molar-refractivity contribution < 1.29 is 0 Å². The molecular formula is C16H30N4. The Kier molecular flexibility index (Phi) is 4.86. The third-order valence-corrected chi connectivity index (χ3v) is 4.53. The van der Waals surface area contributed by atoms with E-state index in [0.29, 0.717) is 23.9 Å². The Morgan fingerprint density at radius 3 is 2.50 bits per heavy atom. The first-order chi connectivity index (χ1) is 9.38. The van der Waals surface area contributed by atoms with Crippen LogP contribution in [-0.2, 0) is 13.6 Å². The van der Waals surface area contributed by atoms with Crippen LogP contribution in [0.5, 0.6) is 0 Å². The van der Waals surface area contributed by atoms with Crippen LogP contribution in [0, 0.1) is 18.8 Å². The molecule has 0 aromatic carbocycles. The van der Waals surface area contributed by atoms with Gasteiger partial charge in [-0.15, -0.1) is 0 Å². The van der Waals surface area contributed by atoms with Crippen molar-refractivity contribution in [3.63, 3.8) is 0 Å². The number of piperazine rings is 1. The van der Waals surface area contributed by atoms with Gasteiger partial charge in [-0.05, 0) is 24.8 Å². The monoisotopic (exact) mass is 278 g/mol. The summed E-state index contributed by atoms with van der Waals surface area (Å²) in [5.74, 6) is 1.35. The topological polar surface area (TPSA) is 33.1 Å². The second-order valence-corrected chi connectivity index (χ2v) is 6.90. The molecule has 2 unspecified atom stereocenters. The quantitative estimate of drug-likeness (QED) is 0.916. The number of aryl methyl sites for hydroxylation is 2. The van der Waals surface area contributed by atoms with E-state index in [-0.39, 0.29) is 0 Å². The van der Waals surface area contributed by atoms with Gasteiger partial charge in [-0.3, -0.25) is 9.58 Å². The molecule has 4 nitrogen and oxygen atoms in total. The molecule has 2 atom stereocenters. The number of aromatic nitrogens is 2. The van der Waals surface area contributed by atoms with Gasteiger partial charge in [-0.25, -0.2) is 0 Å². The standard InChI is InChI=1S/C16H30N4/c1-11(2)15-10-20(16(8-17-15)12(3)4)9-14-7-13(5)18-19(14)6/h7,11-12,15-17H,8-10H2,1-6H3. The molecule has 2 rings (SSSR count). The van der Waals surface area contributed by atoms with Gasteiger partial charge in [-0.2, -0.15) is 5.10 Å². The minimum atomic E-state index is 0.597. The summed E-state index contributed by atoms with van der Waals surface area (Å²) in [5.41, 5.74) is 2.43. The zero-order valence-corrected chi connectivity index (χ0v) is 13.8. The molecule has 4 heteroatoms. The Balaban J connectivity index is 2.13. The van der Waals surface area contributed by atoms with Crippen molar-refractivity contribution in [3.05, 3.63) is 17.5 Å². The van der Waals surface area contributed by atoms with Crippen LogP contribution in [-0.4, -0.2) is 39.9 Å². The van der Waals surface area contributed by atoms with Crippen LogP contribution in [0.25, 0.3) is 0 Å². The molecule has 0 bridgehead atoms. The SMILES string of the molecule is Cc1cc(CN2CC(C(C)C)NCC2C(C)C)n(C)n1. The molecule has 1 aromatic rings. The Morgan fingerprint density at radius 2 is 2.00 bits per heavy atom. The average molecular weight is 278 g/mol. The highest BCUT2D eigenvalue weighted by Crippen LogP contribution is 2.21. The normalized spacial score (nSPS) is 24.8. The number of hydrogen-bond acceptors (Lipinski definition) is 3. The second-order valence-electron chi connectivity index (χ2n) is 6.90. The third kappa shape index (κ3) is 3.41. The molecule has 1 aliphatic rings.